The molecule has 0 bridgehead atoms. The molecule has 3 heteroatoms. The number of nitrogens with two attached hydrogens (primary N) is 1. The molecular formula is C18H23N3. The number of pyridine rings is 1. The molecule has 0 saturated carbocycles. The van der Waals surface area contributed by atoms with Gasteiger partial charge in [0.1, 0.15) is 0 Å². The van der Waals surface area contributed by atoms with Crippen LogP contribution in [-0.2, 0) is 6.42 Å². The molecule has 0 amide bonds. The highest BCUT2D eigenvalue weighted by molar-refractivity contribution is 5.57. The third kappa shape index (κ3) is 2.79. The molecule has 110 valence electrons. The van der Waals surface area contributed by atoms with Crippen LogP contribution in [0.15, 0.2) is 48.8 Å². The van der Waals surface area contributed by atoms with Gasteiger partial charge < -0.3 is 10.6 Å². The highest BCUT2D eigenvalue weighted by Crippen LogP contribution is 2.35. The van der Waals surface area contributed by atoms with Crippen LogP contribution >= 0.6 is 0 Å². The number of nitrogens with zero attached hydrogens (tertiary/aromatic N) is 2. The molecule has 3 rings (SSSR count). The van der Waals surface area contributed by atoms with Crippen molar-refractivity contribution >= 4 is 5.69 Å². The Morgan fingerprint density at radius 1 is 1.19 bits per heavy atom. The van der Waals surface area contributed by atoms with E-state index in [1.807, 2.05) is 12.4 Å². The van der Waals surface area contributed by atoms with Crippen molar-refractivity contribution in [3.8, 4) is 0 Å². The van der Waals surface area contributed by atoms with E-state index < -0.39 is 0 Å². The lowest BCUT2D eigenvalue weighted by atomic mass is 9.92. The third-order valence-corrected chi connectivity index (χ3v) is 4.41. The summed E-state index contributed by atoms with van der Waals surface area (Å²) in [5.41, 5.74) is 10.5. The molecule has 1 aliphatic rings. The number of para-hydroxylation sites is 1. The maximum Gasteiger partial charge on any atom is 0.0694 e. The first-order valence-corrected chi connectivity index (χ1v) is 7.81. The molecule has 21 heavy (non-hydrogen) atoms. The Bertz CT molecular complexity index is 582. The maximum atomic E-state index is 6.48. The number of aryl methyl sites for hydroxylation is 1. The smallest absolute Gasteiger partial charge is 0.0694 e. The Morgan fingerprint density at radius 2 is 1.95 bits per heavy atom. The van der Waals surface area contributed by atoms with Crippen LogP contribution in [0.25, 0.3) is 0 Å². The Morgan fingerprint density at radius 3 is 2.71 bits per heavy atom. The molecule has 2 aromatic rings. The van der Waals surface area contributed by atoms with Gasteiger partial charge in [-0.05, 0) is 48.6 Å². The number of hydrogen-bond donors (Lipinski definition) is 1. The Balaban J connectivity index is 2.02. The Kier molecular flexibility index (Phi) is 4.20. The highest BCUT2D eigenvalue weighted by Gasteiger charge is 2.29. The van der Waals surface area contributed by atoms with Gasteiger partial charge in [-0.3, -0.25) is 4.98 Å². The number of hydrogen-bond acceptors (Lipinski definition) is 3. The van der Waals surface area contributed by atoms with Crippen LogP contribution in [0.5, 0.6) is 0 Å². The van der Waals surface area contributed by atoms with Crippen molar-refractivity contribution in [1.82, 2.24) is 4.98 Å². The van der Waals surface area contributed by atoms with Gasteiger partial charge in [0, 0.05) is 30.7 Å². The van der Waals surface area contributed by atoms with E-state index in [0.29, 0.717) is 0 Å². The van der Waals surface area contributed by atoms with Crippen LogP contribution in [0.2, 0.25) is 0 Å². The molecular weight excluding hydrogens is 258 g/mol. The second-order valence-corrected chi connectivity index (χ2v) is 5.72. The quantitative estimate of drug-likeness (QED) is 0.935. The lowest BCUT2D eigenvalue weighted by Crippen LogP contribution is -2.43. The number of rotatable bonds is 4. The van der Waals surface area contributed by atoms with E-state index in [1.54, 1.807) is 0 Å². The van der Waals surface area contributed by atoms with Gasteiger partial charge in [-0.25, -0.2) is 0 Å². The largest absolute Gasteiger partial charge is 0.363 e. The second-order valence-electron chi connectivity index (χ2n) is 5.72. The number of aromatic nitrogens is 1. The van der Waals surface area contributed by atoms with E-state index in [0.717, 1.165) is 19.4 Å². The number of benzene rings is 1. The van der Waals surface area contributed by atoms with Crippen molar-refractivity contribution in [2.24, 2.45) is 5.73 Å². The maximum absolute atomic E-state index is 6.48. The van der Waals surface area contributed by atoms with Crippen LogP contribution in [0, 0.1) is 0 Å². The van der Waals surface area contributed by atoms with Crippen LogP contribution < -0.4 is 10.6 Å². The minimum absolute atomic E-state index is 0.124. The fourth-order valence-electron chi connectivity index (χ4n) is 3.29. The van der Waals surface area contributed by atoms with Crippen molar-refractivity contribution in [2.45, 2.75) is 38.3 Å². The molecule has 3 nitrogen and oxygen atoms in total. The monoisotopic (exact) mass is 281 g/mol. The normalized spacial score (nSPS) is 17.1. The summed E-state index contributed by atoms with van der Waals surface area (Å²) in [7, 11) is 0. The minimum Gasteiger partial charge on any atom is -0.363 e. The van der Waals surface area contributed by atoms with Crippen LogP contribution in [0.3, 0.4) is 0 Å². The molecule has 2 atom stereocenters. The average molecular weight is 281 g/mol. The highest BCUT2D eigenvalue weighted by atomic mass is 15.2. The predicted octanol–water partition coefficient (Wildman–Crippen LogP) is 3.31. The van der Waals surface area contributed by atoms with Gasteiger partial charge in [0.15, 0.2) is 0 Å². The molecule has 0 spiro atoms. The van der Waals surface area contributed by atoms with Crippen molar-refractivity contribution in [1.29, 1.82) is 0 Å². The number of fused-ring (bicyclic) bond motifs is 1. The average Bonchev–Trinajstić information content (AvgIpc) is 2.56. The second kappa shape index (κ2) is 6.27. The van der Waals surface area contributed by atoms with Gasteiger partial charge in [-0.2, -0.15) is 0 Å². The summed E-state index contributed by atoms with van der Waals surface area (Å²) in [6.07, 6.45) is 7.04. The predicted molar refractivity (Wildman–Crippen MR) is 87.4 cm³/mol. The van der Waals surface area contributed by atoms with Crippen LogP contribution in [0.4, 0.5) is 5.69 Å². The summed E-state index contributed by atoms with van der Waals surface area (Å²) in [5, 5.41) is 0. The summed E-state index contributed by atoms with van der Waals surface area (Å²) in [4.78, 5) is 6.63. The zero-order chi connectivity index (χ0) is 14.7. The molecule has 2 heterocycles. The van der Waals surface area contributed by atoms with E-state index in [-0.39, 0.29) is 12.1 Å². The molecule has 1 aromatic carbocycles. The molecule has 0 aliphatic carbocycles. The molecule has 1 aliphatic heterocycles. The summed E-state index contributed by atoms with van der Waals surface area (Å²) in [5.74, 6) is 0. The molecule has 2 N–H and O–H groups in total. The zero-order valence-electron chi connectivity index (χ0n) is 12.6. The topological polar surface area (TPSA) is 42.1 Å². The fraction of sp³-hybridized carbons (Fsp3) is 0.389. The van der Waals surface area contributed by atoms with Gasteiger partial charge in [-0.15, -0.1) is 0 Å². The van der Waals surface area contributed by atoms with Gasteiger partial charge in [0.2, 0.25) is 0 Å². The lowest BCUT2D eigenvalue weighted by Gasteiger charge is -2.40. The Labute approximate surface area is 126 Å². The molecule has 0 saturated heterocycles. The van der Waals surface area contributed by atoms with E-state index in [4.69, 9.17) is 5.73 Å². The van der Waals surface area contributed by atoms with E-state index in [9.17, 15) is 0 Å². The molecule has 0 fully saturated rings. The van der Waals surface area contributed by atoms with Gasteiger partial charge >= 0.3 is 0 Å². The summed E-state index contributed by atoms with van der Waals surface area (Å²) in [6, 6.07) is 13.3. The van der Waals surface area contributed by atoms with Crippen molar-refractivity contribution < 1.29 is 0 Å². The lowest BCUT2D eigenvalue weighted by molar-refractivity contribution is 0.475. The number of anilines is 1. The van der Waals surface area contributed by atoms with Gasteiger partial charge in [-0.1, -0.05) is 25.1 Å². The van der Waals surface area contributed by atoms with E-state index >= 15 is 0 Å². The minimum atomic E-state index is 0.124. The first-order valence-electron chi connectivity index (χ1n) is 7.81. The summed E-state index contributed by atoms with van der Waals surface area (Å²) >= 11 is 0. The van der Waals surface area contributed by atoms with Crippen LogP contribution in [0.1, 0.15) is 36.9 Å². The van der Waals surface area contributed by atoms with Crippen molar-refractivity contribution in [3.63, 3.8) is 0 Å². The zero-order valence-corrected chi connectivity index (χ0v) is 12.6. The van der Waals surface area contributed by atoms with Crippen molar-refractivity contribution in [2.75, 3.05) is 11.4 Å². The first kappa shape index (κ1) is 14.1. The standard InChI is InChI=1S/C18H23N3/c1-2-16(19)18(15-9-11-20-12-10-15)21-13-5-7-14-6-3-4-8-17(14)21/h3-4,6,8-12,16,18H,2,5,7,13,19H2,1H3. The van der Waals surface area contributed by atoms with Gasteiger partial charge in [0.05, 0.1) is 6.04 Å². The van der Waals surface area contributed by atoms with Crippen LogP contribution in [-0.4, -0.2) is 17.6 Å². The van der Waals surface area contributed by atoms with E-state index in [1.165, 1.54) is 23.2 Å². The first-order chi connectivity index (χ1) is 10.3. The molecule has 1 aromatic heterocycles. The van der Waals surface area contributed by atoms with E-state index in [2.05, 4.69) is 53.2 Å². The fourth-order valence-corrected chi connectivity index (χ4v) is 3.29. The third-order valence-electron chi connectivity index (χ3n) is 4.41. The molecule has 2 unspecified atom stereocenters. The Hall–Kier alpha value is -1.87. The summed E-state index contributed by atoms with van der Waals surface area (Å²) < 4.78 is 0. The van der Waals surface area contributed by atoms with Crippen molar-refractivity contribution in [3.05, 3.63) is 59.9 Å². The molecule has 0 radical (unpaired) electrons. The summed E-state index contributed by atoms with van der Waals surface area (Å²) in [6.45, 7) is 3.23. The van der Waals surface area contributed by atoms with Gasteiger partial charge in [0.25, 0.3) is 0 Å². The SMILES string of the molecule is CCC(N)C(c1ccncc1)N1CCCc2ccccc21.